The van der Waals surface area contributed by atoms with E-state index in [2.05, 4.69) is 20.8 Å². The largest absolute Gasteiger partial charge is 0.491 e. The lowest BCUT2D eigenvalue weighted by Crippen LogP contribution is -2.58. The van der Waals surface area contributed by atoms with E-state index in [4.69, 9.17) is 9.47 Å². The second-order valence-electron chi connectivity index (χ2n) is 14.1. The minimum absolute atomic E-state index is 0.0287. The molecular formula is C32H47NO7S. The third-order valence-corrected chi connectivity index (χ3v) is 12.8. The van der Waals surface area contributed by atoms with E-state index in [1.165, 1.54) is 12.1 Å². The van der Waals surface area contributed by atoms with Gasteiger partial charge in [-0.05, 0) is 123 Å². The van der Waals surface area contributed by atoms with Gasteiger partial charge in [0.15, 0.2) is 0 Å². The highest BCUT2D eigenvalue weighted by molar-refractivity contribution is 7.90. The van der Waals surface area contributed by atoms with Crippen molar-refractivity contribution in [2.24, 2.45) is 46.3 Å². The van der Waals surface area contributed by atoms with E-state index in [0.717, 1.165) is 38.5 Å². The molecule has 5 rings (SSSR count). The molecule has 4 saturated carbocycles. The van der Waals surface area contributed by atoms with Crippen molar-refractivity contribution in [3.63, 3.8) is 0 Å². The van der Waals surface area contributed by atoms with Crippen LogP contribution in [-0.2, 0) is 19.6 Å². The second kappa shape index (κ2) is 11.2. The van der Waals surface area contributed by atoms with E-state index in [9.17, 15) is 23.1 Å². The molecule has 0 bridgehead atoms. The van der Waals surface area contributed by atoms with Crippen LogP contribution >= 0.6 is 0 Å². The molecule has 41 heavy (non-hydrogen) atoms. The zero-order valence-electron chi connectivity index (χ0n) is 25.1. The summed E-state index contributed by atoms with van der Waals surface area (Å²) in [5, 5.41) is 11.4. The fraction of sp³-hybridized carbons (Fsp3) is 0.750. The number of hydrogen-bond donors (Lipinski definition) is 2. The summed E-state index contributed by atoms with van der Waals surface area (Å²) in [5.41, 5.74) is 0.151. The summed E-state index contributed by atoms with van der Waals surface area (Å²) in [5.74, 6) is 2.64. The highest BCUT2D eigenvalue weighted by Crippen LogP contribution is 2.68. The number of sulfonamides is 1. The number of ether oxygens (including phenoxy) is 2. The van der Waals surface area contributed by atoms with E-state index < -0.39 is 16.1 Å². The normalized spacial score (nSPS) is 37.5. The first-order valence-electron chi connectivity index (χ1n) is 15.4. The van der Waals surface area contributed by atoms with Crippen molar-refractivity contribution in [2.75, 3.05) is 6.61 Å². The maximum absolute atomic E-state index is 12.7. The van der Waals surface area contributed by atoms with E-state index in [1.807, 2.05) is 18.6 Å². The number of aliphatic hydroxyl groups is 1. The number of amides is 1. The smallest absolute Gasteiger partial charge is 0.421 e. The fourth-order valence-electron chi connectivity index (χ4n) is 9.48. The highest BCUT2D eigenvalue weighted by atomic mass is 32.2. The van der Waals surface area contributed by atoms with Crippen LogP contribution in [0.15, 0.2) is 29.2 Å². The number of fused-ring (bicyclic) bond motifs is 5. The molecule has 1 aromatic carbocycles. The van der Waals surface area contributed by atoms with Crippen molar-refractivity contribution >= 4 is 21.9 Å². The molecule has 8 nitrogen and oxygen atoms in total. The topological polar surface area (TPSA) is 119 Å². The Morgan fingerprint density at radius 1 is 1.05 bits per heavy atom. The number of Topliss-reactive ketones (excluding diaryl/α,β-unsaturated/α-hetero) is 1. The quantitative estimate of drug-likeness (QED) is 0.417. The van der Waals surface area contributed by atoms with Crippen LogP contribution in [0.2, 0.25) is 0 Å². The molecule has 9 heteroatoms. The SMILES string of the molecule is CC(C)Oc1ccc(S(=O)(=O)NC(=O)OC[C@@H](C)[C@H]2CC[C@H]3[C@@H]4[C@H](O)C[C@@H]5CC(=O)CC[C@]5(C)[C@H]4CC[C@]23C)cc1. The van der Waals surface area contributed by atoms with Gasteiger partial charge in [0.1, 0.15) is 11.5 Å². The maximum Gasteiger partial charge on any atom is 0.421 e. The zero-order valence-corrected chi connectivity index (χ0v) is 25.9. The van der Waals surface area contributed by atoms with Gasteiger partial charge in [-0.25, -0.2) is 17.9 Å². The molecule has 1 amide bonds. The van der Waals surface area contributed by atoms with Gasteiger partial charge in [-0.15, -0.1) is 0 Å². The molecule has 0 aromatic heterocycles. The van der Waals surface area contributed by atoms with E-state index >= 15 is 0 Å². The van der Waals surface area contributed by atoms with Gasteiger partial charge in [0.05, 0.1) is 23.7 Å². The van der Waals surface area contributed by atoms with Gasteiger partial charge in [-0.2, -0.15) is 0 Å². The van der Waals surface area contributed by atoms with Gasteiger partial charge in [0.2, 0.25) is 0 Å². The van der Waals surface area contributed by atoms with E-state index in [1.54, 1.807) is 12.1 Å². The predicted octanol–water partition coefficient (Wildman–Crippen LogP) is 5.72. The minimum atomic E-state index is -4.07. The van der Waals surface area contributed by atoms with Crippen LogP contribution in [0.25, 0.3) is 0 Å². The van der Waals surface area contributed by atoms with Crippen molar-refractivity contribution in [3.8, 4) is 5.75 Å². The standard InChI is InChI=1S/C32H47NO7S/c1-19(2)40-23-6-8-24(9-7-23)41(37,38)33-30(36)39-18-20(3)25-10-11-26-29-27(13-15-32(25,26)5)31(4)14-12-22(34)16-21(31)17-28(29)35/h6-9,19-21,25-29,35H,10-18H2,1-5H3,(H,33,36)/t20-,21+,25-,26+,27+,28-,29+,31+,32-/m1/s1. The lowest BCUT2D eigenvalue weighted by atomic mass is 9.44. The van der Waals surface area contributed by atoms with E-state index in [0.29, 0.717) is 42.1 Å². The lowest BCUT2D eigenvalue weighted by molar-refractivity contribution is -0.169. The predicted molar refractivity (Wildman–Crippen MR) is 155 cm³/mol. The number of hydrogen-bond acceptors (Lipinski definition) is 7. The van der Waals surface area contributed by atoms with Gasteiger partial charge in [0.25, 0.3) is 10.0 Å². The van der Waals surface area contributed by atoms with Crippen LogP contribution in [0.1, 0.15) is 86.0 Å². The summed E-state index contributed by atoms with van der Waals surface area (Å²) >= 11 is 0. The highest BCUT2D eigenvalue weighted by Gasteiger charge is 2.63. The molecule has 0 heterocycles. The number of nitrogens with one attached hydrogen (secondary N) is 1. The molecule has 9 atom stereocenters. The fourth-order valence-corrected chi connectivity index (χ4v) is 10.4. The number of rotatable bonds is 7. The van der Waals surface area contributed by atoms with Crippen LogP contribution in [-0.4, -0.2) is 44.2 Å². The first-order chi connectivity index (χ1) is 19.2. The molecule has 0 spiro atoms. The monoisotopic (exact) mass is 589 g/mol. The van der Waals surface area contributed by atoms with E-state index in [-0.39, 0.29) is 52.3 Å². The Morgan fingerprint density at radius 2 is 1.73 bits per heavy atom. The molecule has 4 aliphatic rings. The van der Waals surface area contributed by atoms with Crippen molar-refractivity contribution in [3.05, 3.63) is 24.3 Å². The number of carbonyl (C=O) groups excluding carboxylic acids is 2. The molecule has 4 fully saturated rings. The first kappa shape index (κ1) is 30.3. The van der Waals surface area contributed by atoms with Gasteiger partial charge in [-0.1, -0.05) is 20.8 Å². The van der Waals surface area contributed by atoms with Crippen LogP contribution in [0, 0.1) is 46.3 Å². The summed E-state index contributed by atoms with van der Waals surface area (Å²) in [6.07, 6.45) is 5.73. The van der Waals surface area contributed by atoms with Crippen LogP contribution < -0.4 is 9.46 Å². The third-order valence-electron chi connectivity index (χ3n) is 11.5. The molecule has 0 unspecified atom stereocenters. The van der Waals surface area contributed by atoms with Crippen molar-refractivity contribution < 1.29 is 32.6 Å². The molecular weight excluding hydrogens is 542 g/mol. The minimum Gasteiger partial charge on any atom is -0.491 e. The zero-order chi connectivity index (χ0) is 29.7. The summed E-state index contributed by atoms with van der Waals surface area (Å²) in [4.78, 5) is 24.7. The van der Waals surface area contributed by atoms with Gasteiger partial charge < -0.3 is 14.6 Å². The molecule has 0 saturated heterocycles. The maximum atomic E-state index is 12.7. The van der Waals surface area contributed by atoms with Crippen LogP contribution in [0.5, 0.6) is 5.75 Å². The van der Waals surface area contributed by atoms with Crippen molar-refractivity contribution in [1.82, 2.24) is 4.72 Å². The Bertz CT molecular complexity index is 1250. The number of aliphatic hydroxyl groups excluding tert-OH is 1. The third kappa shape index (κ3) is 5.65. The molecule has 4 aliphatic carbocycles. The second-order valence-corrected chi connectivity index (χ2v) is 15.8. The van der Waals surface area contributed by atoms with Crippen LogP contribution in [0.4, 0.5) is 4.79 Å². The number of carbonyl (C=O) groups is 2. The Kier molecular flexibility index (Phi) is 8.27. The summed E-state index contributed by atoms with van der Waals surface area (Å²) in [6.45, 7) is 10.7. The number of ketones is 1. The average Bonchev–Trinajstić information content (AvgIpc) is 3.25. The summed E-state index contributed by atoms with van der Waals surface area (Å²) in [7, 11) is -4.07. The van der Waals surface area contributed by atoms with Gasteiger partial charge in [-0.3, -0.25) is 4.79 Å². The van der Waals surface area contributed by atoms with Crippen LogP contribution in [0.3, 0.4) is 0 Å². The molecule has 0 aliphatic heterocycles. The summed E-state index contributed by atoms with van der Waals surface area (Å²) in [6, 6.07) is 5.93. The Balaban J connectivity index is 1.20. The first-order valence-corrected chi connectivity index (χ1v) is 16.9. The Hall–Kier alpha value is -2.13. The molecule has 228 valence electrons. The van der Waals surface area contributed by atoms with Crippen molar-refractivity contribution in [1.29, 1.82) is 0 Å². The van der Waals surface area contributed by atoms with Gasteiger partial charge in [0, 0.05) is 12.8 Å². The molecule has 1 aromatic rings. The molecule has 0 radical (unpaired) electrons. The van der Waals surface area contributed by atoms with Gasteiger partial charge >= 0.3 is 6.09 Å². The molecule has 2 N–H and O–H groups in total. The number of benzene rings is 1. The average molecular weight is 590 g/mol. The summed E-state index contributed by atoms with van der Waals surface area (Å²) < 4.78 is 38.5. The lowest BCUT2D eigenvalue weighted by Gasteiger charge is -2.61. The Labute approximate surface area is 245 Å². The Morgan fingerprint density at radius 3 is 2.41 bits per heavy atom. The van der Waals surface area contributed by atoms with Crippen molar-refractivity contribution in [2.45, 2.75) is 103 Å².